The zero-order chi connectivity index (χ0) is 14.7. The molecule has 2 heterocycles. The second-order valence-corrected chi connectivity index (χ2v) is 5.57. The molecule has 106 valence electrons. The van der Waals surface area contributed by atoms with E-state index in [1.165, 1.54) is 5.56 Å². The molecule has 2 aromatic heterocycles. The summed E-state index contributed by atoms with van der Waals surface area (Å²) in [4.78, 5) is 9.56. The fraction of sp³-hybridized carbons (Fsp3) is 0.133. The quantitative estimate of drug-likeness (QED) is 0.588. The lowest BCUT2D eigenvalue weighted by atomic mass is 10.2. The van der Waals surface area contributed by atoms with Crippen LogP contribution in [-0.4, -0.2) is 15.1 Å². The first-order valence-electron chi connectivity index (χ1n) is 6.45. The van der Waals surface area contributed by atoms with Crippen LogP contribution in [0.4, 0.5) is 5.69 Å². The number of aromatic nitrogens is 3. The van der Waals surface area contributed by atoms with Gasteiger partial charge in [-0.1, -0.05) is 17.3 Å². The number of anilines is 1. The van der Waals surface area contributed by atoms with Crippen molar-refractivity contribution >= 4 is 17.4 Å². The first-order valence-corrected chi connectivity index (χ1v) is 7.44. The summed E-state index contributed by atoms with van der Waals surface area (Å²) in [5, 5.41) is 3.95. The number of benzene rings is 1. The van der Waals surface area contributed by atoms with Crippen LogP contribution >= 0.6 is 11.8 Å². The van der Waals surface area contributed by atoms with E-state index in [0.29, 0.717) is 23.2 Å². The molecule has 0 aliphatic heterocycles. The van der Waals surface area contributed by atoms with E-state index in [-0.39, 0.29) is 0 Å². The summed E-state index contributed by atoms with van der Waals surface area (Å²) < 4.78 is 5.25. The summed E-state index contributed by atoms with van der Waals surface area (Å²) in [6, 6.07) is 11.5. The molecule has 0 spiro atoms. The van der Waals surface area contributed by atoms with Gasteiger partial charge in [0.1, 0.15) is 5.69 Å². The normalized spacial score (nSPS) is 10.7. The van der Waals surface area contributed by atoms with Crippen LogP contribution in [0.1, 0.15) is 11.5 Å². The lowest BCUT2D eigenvalue weighted by Crippen LogP contribution is -1.90. The second kappa shape index (κ2) is 5.97. The van der Waals surface area contributed by atoms with E-state index in [1.807, 2.05) is 37.3 Å². The molecule has 1 aromatic carbocycles. The van der Waals surface area contributed by atoms with Crippen molar-refractivity contribution in [1.29, 1.82) is 0 Å². The van der Waals surface area contributed by atoms with Crippen molar-refractivity contribution in [2.75, 3.05) is 5.73 Å². The molecule has 0 unspecified atom stereocenters. The van der Waals surface area contributed by atoms with Crippen molar-refractivity contribution in [3.63, 3.8) is 0 Å². The van der Waals surface area contributed by atoms with Gasteiger partial charge in [-0.2, -0.15) is 4.98 Å². The highest BCUT2D eigenvalue weighted by Crippen LogP contribution is 2.28. The third-order valence-corrected chi connectivity index (χ3v) is 3.94. The zero-order valence-electron chi connectivity index (χ0n) is 11.5. The predicted molar refractivity (Wildman–Crippen MR) is 82.7 cm³/mol. The lowest BCUT2D eigenvalue weighted by Gasteiger charge is -2.04. The maximum Gasteiger partial charge on any atom is 0.237 e. The summed E-state index contributed by atoms with van der Waals surface area (Å²) in [5.74, 6) is 1.64. The summed E-state index contributed by atoms with van der Waals surface area (Å²) >= 11 is 1.58. The minimum atomic E-state index is 0.503. The van der Waals surface area contributed by atoms with Gasteiger partial charge < -0.3 is 10.3 Å². The van der Waals surface area contributed by atoms with Gasteiger partial charge in [-0.05, 0) is 36.8 Å². The Balaban J connectivity index is 1.72. The van der Waals surface area contributed by atoms with E-state index >= 15 is 0 Å². The molecule has 3 aromatic rings. The van der Waals surface area contributed by atoms with Gasteiger partial charge in [0, 0.05) is 16.8 Å². The predicted octanol–water partition coefficient (Wildman–Crippen LogP) is 3.31. The van der Waals surface area contributed by atoms with Gasteiger partial charge >= 0.3 is 0 Å². The third kappa shape index (κ3) is 3.22. The number of nitrogen functional groups attached to an aromatic ring is 1. The number of hydrogen-bond donors (Lipinski definition) is 1. The van der Waals surface area contributed by atoms with Crippen LogP contribution in [0.5, 0.6) is 0 Å². The molecule has 21 heavy (non-hydrogen) atoms. The van der Waals surface area contributed by atoms with Gasteiger partial charge in [0.05, 0.1) is 5.75 Å². The van der Waals surface area contributed by atoms with Gasteiger partial charge in [0.2, 0.25) is 11.7 Å². The fourth-order valence-corrected chi connectivity index (χ4v) is 2.72. The van der Waals surface area contributed by atoms with Crippen LogP contribution in [0.25, 0.3) is 11.5 Å². The highest BCUT2D eigenvalue weighted by molar-refractivity contribution is 7.98. The van der Waals surface area contributed by atoms with Gasteiger partial charge in [0.25, 0.3) is 0 Å². The summed E-state index contributed by atoms with van der Waals surface area (Å²) in [5.41, 5.74) is 8.59. The standard InChI is InChI=1S/C15H14N4OS/c1-10-5-6-11(16)13(8-10)21-9-14-18-15(19-20-14)12-4-2-3-7-17-12/h2-8H,9,16H2,1H3. The Morgan fingerprint density at radius 2 is 2.14 bits per heavy atom. The molecule has 0 saturated carbocycles. The molecule has 0 atom stereocenters. The number of rotatable bonds is 4. The van der Waals surface area contributed by atoms with Crippen LogP contribution in [0.2, 0.25) is 0 Å². The van der Waals surface area contributed by atoms with E-state index in [2.05, 4.69) is 21.2 Å². The van der Waals surface area contributed by atoms with E-state index < -0.39 is 0 Å². The van der Waals surface area contributed by atoms with Crippen LogP contribution in [0, 0.1) is 6.92 Å². The van der Waals surface area contributed by atoms with Crippen LogP contribution in [-0.2, 0) is 5.75 Å². The third-order valence-electron chi connectivity index (χ3n) is 2.88. The van der Waals surface area contributed by atoms with Crippen molar-refractivity contribution in [2.45, 2.75) is 17.6 Å². The fourth-order valence-electron chi connectivity index (χ4n) is 1.82. The maximum atomic E-state index is 5.95. The van der Waals surface area contributed by atoms with Crippen LogP contribution < -0.4 is 5.73 Å². The summed E-state index contributed by atoms with van der Waals surface area (Å²) in [7, 11) is 0. The zero-order valence-corrected chi connectivity index (χ0v) is 12.3. The molecule has 5 nitrogen and oxygen atoms in total. The van der Waals surface area contributed by atoms with Crippen molar-refractivity contribution < 1.29 is 4.52 Å². The minimum Gasteiger partial charge on any atom is -0.398 e. The van der Waals surface area contributed by atoms with Gasteiger partial charge in [-0.3, -0.25) is 4.98 Å². The van der Waals surface area contributed by atoms with Gasteiger partial charge in [-0.15, -0.1) is 11.8 Å². The average molecular weight is 298 g/mol. The number of nitrogens with zero attached hydrogens (tertiary/aromatic N) is 3. The number of nitrogens with two attached hydrogens (primary N) is 1. The molecule has 2 N–H and O–H groups in total. The highest BCUT2D eigenvalue weighted by Gasteiger charge is 2.10. The number of hydrogen-bond acceptors (Lipinski definition) is 6. The number of thioether (sulfide) groups is 1. The smallest absolute Gasteiger partial charge is 0.237 e. The number of pyridine rings is 1. The van der Waals surface area contributed by atoms with E-state index in [1.54, 1.807) is 18.0 Å². The Hall–Kier alpha value is -2.34. The van der Waals surface area contributed by atoms with E-state index in [0.717, 1.165) is 10.6 Å². The largest absolute Gasteiger partial charge is 0.398 e. The van der Waals surface area contributed by atoms with Gasteiger partial charge in [0.15, 0.2) is 0 Å². The minimum absolute atomic E-state index is 0.503. The van der Waals surface area contributed by atoms with E-state index in [4.69, 9.17) is 10.3 Å². The lowest BCUT2D eigenvalue weighted by molar-refractivity contribution is 0.391. The molecule has 0 saturated heterocycles. The monoisotopic (exact) mass is 298 g/mol. The van der Waals surface area contributed by atoms with Crippen molar-refractivity contribution in [1.82, 2.24) is 15.1 Å². The summed E-state index contributed by atoms with van der Waals surface area (Å²) in [6.45, 7) is 2.04. The topological polar surface area (TPSA) is 77.8 Å². The first kappa shape index (κ1) is 13.6. The van der Waals surface area contributed by atoms with E-state index in [9.17, 15) is 0 Å². The average Bonchev–Trinajstić information content (AvgIpc) is 2.98. The van der Waals surface area contributed by atoms with Crippen LogP contribution in [0.15, 0.2) is 52.0 Å². The molecular weight excluding hydrogens is 284 g/mol. The molecule has 0 bridgehead atoms. The first-order chi connectivity index (χ1) is 10.2. The Morgan fingerprint density at radius 1 is 1.24 bits per heavy atom. The Morgan fingerprint density at radius 3 is 2.95 bits per heavy atom. The van der Waals surface area contributed by atoms with Crippen LogP contribution in [0.3, 0.4) is 0 Å². The number of aryl methyl sites for hydroxylation is 1. The Bertz CT molecular complexity index is 742. The molecule has 6 heteroatoms. The molecule has 0 fully saturated rings. The Kier molecular flexibility index (Phi) is 3.87. The van der Waals surface area contributed by atoms with Gasteiger partial charge in [-0.25, -0.2) is 0 Å². The molecule has 0 amide bonds. The van der Waals surface area contributed by atoms with Crippen molar-refractivity contribution in [2.24, 2.45) is 0 Å². The molecule has 0 aliphatic rings. The SMILES string of the molecule is Cc1ccc(N)c(SCc2nc(-c3ccccn3)no2)c1. The molecule has 0 aliphatic carbocycles. The van der Waals surface area contributed by atoms with Crippen molar-refractivity contribution in [3.05, 3.63) is 54.0 Å². The molecule has 3 rings (SSSR count). The molecular formula is C15H14N4OS. The maximum absolute atomic E-state index is 5.95. The second-order valence-electron chi connectivity index (χ2n) is 4.56. The molecule has 0 radical (unpaired) electrons. The Labute approximate surface area is 126 Å². The van der Waals surface area contributed by atoms with Crippen molar-refractivity contribution in [3.8, 4) is 11.5 Å². The highest BCUT2D eigenvalue weighted by atomic mass is 32.2. The summed E-state index contributed by atoms with van der Waals surface area (Å²) in [6.07, 6.45) is 1.70.